The molecule has 0 bridgehead atoms. The van der Waals surface area contributed by atoms with Gasteiger partial charge in [0.2, 0.25) is 5.91 Å². The first kappa shape index (κ1) is 18.4. The van der Waals surface area contributed by atoms with E-state index < -0.39 is 0 Å². The van der Waals surface area contributed by atoms with Crippen molar-refractivity contribution < 1.29 is 9.53 Å². The van der Waals surface area contributed by atoms with Gasteiger partial charge in [-0.15, -0.1) is 10.2 Å². The van der Waals surface area contributed by atoms with Gasteiger partial charge in [0, 0.05) is 37.1 Å². The Bertz CT molecular complexity index is 755. The van der Waals surface area contributed by atoms with Crippen LogP contribution in [0.4, 0.5) is 0 Å². The Morgan fingerprint density at radius 3 is 2.59 bits per heavy atom. The maximum Gasteiger partial charge on any atom is 0.233 e. The van der Waals surface area contributed by atoms with Crippen molar-refractivity contribution in [1.82, 2.24) is 24.6 Å². The van der Waals surface area contributed by atoms with Gasteiger partial charge in [0.05, 0.1) is 19.0 Å². The predicted molar refractivity (Wildman–Crippen MR) is 103 cm³/mol. The van der Waals surface area contributed by atoms with Crippen molar-refractivity contribution >= 4 is 17.7 Å². The van der Waals surface area contributed by atoms with Crippen LogP contribution in [0.5, 0.6) is 0 Å². The number of pyridine rings is 1. The number of carbonyl (C=O) groups excluding carboxylic acids is 1. The smallest absolute Gasteiger partial charge is 0.233 e. The number of nitrogens with zero attached hydrogens (tertiary/aromatic N) is 5. The van der Waals surface area contributed by atoms with Crippen LogP contribution in [-0.2, 0) is 9.53 Å². The molecule has 7 nitrogen and oxygen atoms in total. The lowest BCUT2D eigenvalue weighted by Gasteiger charge is -2.27. The van der Waals surface area contributed by atoms with Gasteiger partial charge in [0.1, 0.15) is 0 Å². The summed E-state index contributed by atoms with van der Waals surface area (Å²) in [6.45, 7) is 2.61. The third-order valence-corrected chi connectivity index (χ3v) is 6.16. The van der Waals surface area contributed by atoms with Gasteiger partial charge in [0.25, 0.3) is 0 Å². The zero-order chi connectivity index (χ0) is 18.5. The first-order chi connectivity index (χ1) is 13.3. The van der Waals surface area contributed by atoms with Gasteiger partial charge in [-0.25, -0.2) is 0 Å². The summed E-state index contributed by atoms with van der Waals surface area (Å²) in [5.41, 5.74) is 1.02. The number of hydrogen-bond donors (Lipinski definition) is 0. The Hall–Kier alpha value is -1.93. The number of amides is 1. The van der Waals surface area contributed by atoms with E-state index in [9.17, 15) is 4.79 Å². The lowest BCUT2D eigenvalue weighted by molar-refractivity contribution is -0.132. The highest BCUT2D eigenvalue weighted by Gasteiger charge is 2.25. The molecule has 144 valence electrons. The Labute approximate surface area is 163 Å². The van der Waals surface area contributed by atoms with Crippen molar-refractivity contribution in [3.8, 4) is 11.4 Å². The monoisotopic (exact) mass is 387 g/mol. The average Bonchev–Trinajstić information content (AvgIpc) is 3.18. The summed E-state index contributed by atoms with van der Waals surface area (Å²) in [6.07, 6.45) is 9.60. The summed E-state index contributed by atoms with van der Waals surface area (Å²) in [6, 6.07) is 4.34. The summed E-state index contributed by atoms with van der Waals surface area (Å²) in [7, 11) is 0. The molecule has 8 heteroatoms. The molecule has 0 unspecified atom stereocenters. The molecule has 2 aliphatic rings. The second kappa shape index (κ2) is 8.84. The minimum absolute atomic E-state index is 0.145. The SMILES string of the molecule is O=C(CSc1nnc(-c2ccncc2)n1C1CCCCC1)N1CCOCC1. The molecule has 4 rings (SSSR count). The van der Waals surface area contributed by atoms with E-state index >= 15 is 0 Å². The minimum Gasteiger partial charge on any atom is -0.378 e. The Morgan fingerprint density at radius 2 is 1.85 bits per heavy atom. The van der Waals surface area contributed by atoms with Crippen LogP contribution in [-0.4, -0.2) is 62.6 Å². The van der Waals surface area contributed by atoms with Gasteiger partial charge >= 0.3 is 0 Å². The van der Waals surface area contributed by atoms with Crippen LogP contribution in [0.3, 0.4) is 0 Å². The number of carbonyl (C=O) groups is 1. The number of ether oxygens (including phenoxy) is 1. The molecule has 1 aliphatic carbocycles. The molecule has 0 spiro atoms. The number of thioether (sulfide) groups is 1. The zero-order valence-corrected chi connectivity index (χ0v) is 16.2. The molecule has 0 atom stereocenters. The molecule has 0 N–H and O–H groups in total. The van der Waals surface area contributed by atoms with E-state index in [2.05, 4.69) is 19.7 Å². The normalized spacial score (nSPS) is 18.6. The molecule has 1 saturated heterocycles. The lowest BCUT2D eigenvalue weighted by Crippen LogP contribution is -2.41. The molecule has 0 radical (unpaired) electrons. The summed E-state index contributed by atoms with van der Waals surface area (Å²) in [4.78, 5) is 18.5. The first-order valence-corrected chi connectivity index (χ1v) is 10.6. The second-order valence-electron chi connectivity index (χ2n) is 6.99. The molecule has 2 aromatic heterocycles. The van der Waals surface area contributed by atoms with Crippen molar-refractivity contribution in [2.24, 2.45) is 0 Å². The van der Waals surface area contributed by atoms with E-state index in [4.69, 9.17) is 4.74 Å². The highest BCUT2D eigenvalue weighted by molar-refractivity contribution is 7.99. The maximum absolute atomic E-state index is 12.5. The van der Waals surface area contributed by atoms with E-state index in [1.165, 1.54) is 31.0 Å². The van der Waals surface area contributed by atoms with Crippen molar-refractivity contribution in [1.29, 1.82) is 0 Å². The van der Waals surface area contributed by atoms with E-state index in [0.29, 0.717) is 38.1 Å². The van der Waals surface area contributed by atoms with Crippen LogP contribution in [0.1, 0.15) is 38.1 Å². The third-order valence-electron chi connectivity index (χ3n) is 5.23. The van der Waals surface area contributed by atoms with Gasteiger partial charge in [0.15, 0.2) is 11.0 Å². The largest absolute Gasteiger partial charge is 0.378 e. The zero-order valence-electron chi connectivity index (χ0n) is 15.4. The molecule has 2 fully saturated rings. The average molecular weight is 388 g/mol. The standard InChI is InChI=1S/C19H25N5O2S/c25-17(23-10-12-26-13-11-23)14-27-19-22-21-18(15-6-8-20-9-7-15)24(19)16-4-2-1-3-5-16/h6-9,16H,1-5,10-14H2. The third kappa shape index (κ3) is 4.32. The van der Waals surface area contributed by atoms with Gasteiger partial charge in [-0.3, -0.25) is 14.3 Å². The Kier molecular flexibility index (Phi) is 6.03. The second-order valence-corrected chi connectivity index (χ2v) is 7.93. The topological polar surface area (TPSA) is 73.1 Å². The van der Waals surface area contributed by atoms with E-state index in [1.807, 2.05) is 17.0 Å². The van der Waals surface area contributed by atoms with Gasteiger partial charge in [-0.05, 0) is 25.0 Å². The van der Waals surface area contributed by atoms with Crippen LogP contribution >= 0.6 is 11.8 Å². The van der Waals surface area contributed by atoms with Crippen LogP contribution < -0.4 is 0 Å². The molecule has 2 aromatic rings. The van der Waals surface area contributed by atoms with Gasteiger partial charge < -0.3 is 9.64 Å². The highest BCUT2D eigenvalue weighted by atomic mass is 32.2. The Morgan fingerprint density at radius 1 is 1.11 bits per heavy atom. The minimum atomic E-state index is 0.145. The number of morpholine rings is 1. The van der Waals surface area contributed by atoms with Crippen molar-refractivity contribution in [3.05, 3.63) is 24.5 Å². The van der Waals surface area contributed by atoms with Gasteiger partial charge in [-0.1, -0.05) is 31.0 Å². The molecule has 3 heterocycles. The fourth-order valence-corrected chi connectivity index (χ4v) is 4.68. The molecular formula is C19H25N5O2S. The van der Waals surface area contributed by atoms with Crippen LogP contribution in [0, 0.1) is 0 Å². The summed E-state index contributed by atoms with van der Waals surface area (Å²) in [5.74, 6) is 1.42. The van der Waals surface area contributed by atoms with Crippen LogP contribution in [0.25, 0.3) is 11.4 Å². The molecule has 1 saturated carbocycles. The summed E-state index contributed by atoms with van der Waals surface area (Å²) >= 11 is 1.50. The fraction of sp³-hybridized carbons (Fsp3) is 0.579. The molecular weight excluding hydrogens is 362 g/mol. The van der Waals surface area contributed by atoms with E-state index in [1.54, 1.807) is 12.4 Å². The van der Waals surface area contributed by atoms with Crippen molar-refractivity contribution in [2.45, 2.75) is 43.3 Å². The quantitative estimate of drug-likeness (QED) is 0.735. The first-order valence-electron chi connectivity index (χ1n) is 9.66. The summed E-state index contributed by atoms with van der Waals surface area (Å²) < 4.78 is 7.59. The Balaban J connectivity index is 1.54. The molecule has 27 heavy (non-hydrogen) atoms. The van der Waals surface area contributed by atoms with Gasteiger partial charge in [-0.2, -0.15) is 0 Å². The van der Waals surface area contributed by atoms with Crippen LogP contribution in [0.15, 0.2) is 29.7 Å². The van der Waals surface area contributed by atoms with E-state index in [0.717, 1.165) is 29.4 Å². The predicted octanol–water partition coefficient (Wildman–Crippen LogP) is 2.80. The number of aromatic nitrogens is 4. The van der Waals surface area contributed by atoms with E-state index in [-0.39, 0.29) is 5.91 Å². The lowest BCUT2D eigenvalue weighted by atomic mass is 9.95. The molecule has 1 amide bonds. The van der Waals surface area contributed by atoms with Crippen molar-refractivity contribution in [2.75, 3.05) is 32.1 Å². The van der Waals surface area contributed by atoms with Crippen LogP contribution in [0.2, 0.25) is 0 Å². The highest BCUT2D eigenvalue weighted by Crippen LogP contribution is 2.35. The number of rotatable bonds is 5. The maximum atomic E-state index is 12.5. The number of hydrogen-bond acceptors (Lipinski definition) is 6. The fourth-order valence-electron chi connectivity index (χ4n) is 3.77. The summed E-state index contributed by atoms with van der Waals surface area (Å²) in [5, 5.41) is 9.76. The van der Waals surface area contributed by atoms with Crippen molar-refractivity contribution in [3.63, 3.8) is 0 Å². The molecule has 0 aromatic carbocycles. The molecule has 1 aliphatic heterocycles.